The molecule has 1 aliphatic rings. The molecule has 1 aromatic rings. The maximum atomic E-state index is 11.9. The van der Waals surface area contributed by atoms with Crippen molar-refractivity contribution in [1.82, 2.24) is 10.6 Å². The van der Waals surface area contributed by atoms with Gasteiger partial charge in [-0.1, -0.05) is 6.08 Å². The molecule has 0 saturated heterocycles. The maximum Gasteiger partial charge on any atom is 0.251 e. The summed E-state index contributed by atoms with van der Waals surface area (Å²) < 4.78 is 0. The molecule has 3 N–H and O–H groups in total. The normalized spacial score (nSPS) is 14.9. The largest absolute Gasteiger partial charge is 0.374 e. The molecule has 0 bridgehead atoms. The lowest BCUT2D eigenvalue weighted by atomic mass is 10.2. The van der Waals surface area contributed by atoms with Crippen molar-refractivity contribution in [1.29, 1.82) is 0 Å². The van der Waals surface area contributed by atoms with E-state index < -0.39 is 0 Å². The Morgan fingerprint density at radius 2 is 2.00 bits per heavy atom. The van der Waals surface area contributed by atoms with Crippen LogP contribution < -0.4 is 16.0 Å². The molecule has 1 fully saturated rings. The first kappa shape index (κ1) is 15.1. The molecule has 2 amide bonds. The van der Waals surface area contributed by atoms with Gasteiger partial charge in [0.2, 0.25) is 5.91 Å². The minimum Gasteiger partial charge on any atom is -0.374 e. The van der Waals surface area contributed by atoms with Crippen molar-refractivity contribution in [2.45, 2.75) is 31.8 Å². The van der Waals surface area contributed by atoms with Crippen LogP contribution in [0.15, 0.2) is 36.9 Å². The smallest absolute Gasteiger partial charge is 0.251 e. The number of benzene rings is 1. The lowest BCUT2D eigenvalue weighted by molar-refractivity contribution is -0.121. The molecule has 0 heterocycles. The molecule has 1 unspecified atom stereocenters. The second-order valence-corrected chi connectivity index (χ2v) is 5.22. The van der Waals surface area contributed by atoms with E-state index in [-0.39, 0.29) is 17.9 Å². The van der Waals surface area contributed by atoms with Crippen LogP contribution >= 0.6 is 0 Å². The van der Waals surface area contributed by atoms with Crippen LogP contribution in [0.4, 0.5) is 5.69 Å². The third-order valence-corrected chi connectivity index (χ3v) is 3.26. The highest BCUT2D eigenvalue weighted by molar-refractivity contribution is 5.95. The second kappa shape index (κ2) is 6.92. The highest BCUT2D eigenvalue weighted by Gasteiger charge is 2.23. The number of carbonyl (C=O) groups is 2. The van der Waals surface area contributed by atoms with Gasteiger partial charge in [0.15, 0.2) is 0 Å². The predicted molar refractivity (Wildman–Crippen MR) is 83.2 cm³/mol. The maximum absolute atomic E-state index is 11.9. The molecule has 1 aliphatic carbocycles. The fraction of sp³-hybridized carbons (Fsp3) is 0.375. The number of carbonyl (C=O) groups excluding carboxylic acids is 2. The van der Waals surface area contributed by atoms with Gasteiger partial charge in [0.1, 0.15) is 6.04 Å². The monoisotopic (exact) mass is 287 g/mol. The van der Waals surface area contributed by atoms with E-state index in [1.54, 1.807) is 37.3 Å². The van der Waals surface area contributed by atoms with Crippen LogP contribution in [0, 0.1) is 0 Å². The van der Waals surface area contributed by atoms with Gasteiger partial charge < -0.3 is 16.0 Å². The Balaban J connectivity index is 1.87. The van der Waals surface area contributed by atoms with Crippen LogP contribution in [0.3, 0.4) is 0 Å². The molecule has 1 aromatic carbocycles. The predicted octanol–water partition coefficient (Wildman–Crippen LogP) is 1.68. The van der Waals surface area contributed by atoms with Crippen molar-refractivity contribution in [2.24, 2.45) is 0 Å². The first-order valence-electron chi connectivity index (χ1n) is 7.16. The summed E-state index contributed by atoms with van der Waals surface area (Å²) in [5.41, 5.74) is 1.44. The third-order valence-electron chi connectivity index (χ3n) is 3.26. The molecule has 0 aliphatic heterocycles. The standard InChI is InChI=1S/C16H21N3O2/c1-3-10-17-15(20)11(2)18-13-6-4-12(5-7-13)16(21)19-14-8-9-14/h3-7,11,14,18H,1,8-10H2,2H3,(H,17,20)(H,19,21). The van der Waals surface area contributed by atoms with Gasteiger partial charge in [0, 0.05) is 23.8 Å². The van der Waals surface area contributed by atoms with Gasteiger partial charge in [-0.05, 0) is 44.0 Å². The Morgan fingerprint density at radius 3 is 2.57 bits per heavy atom. The van der Waals surface area contributed by atoms with Crippen molar-refractivity contribution in [3.8, 4) is 0 Å². The number of amides is 2. The second-order valence-electron chi connectivity index (χ2n) is 5.22. The van der Waals surface area contributed by atoms with Gasteiger partial charge in [0.05, 0.1) is 0 Å². The zero-order valence-electron chi connectivity index (χ0n) is 12.2. The van der Waals surface area contributed by atoms with E-state index in [4.69, 9.17) is 0 Å². The van der Waals surface area contributed by atoms with Crippen LogP contribution in [0.2, 0.25) is 0 Å². The first-order valence-corrected chi connectivity index (χ1v) is 7.16. The van der Waals surface area contributed by atoms with Crippen LogP contribution in [-0.4, -0.2) is 30.4 Å². The summed E-state index contributed by atoms with van der Waals surface area (Å²) >= 11 is 0. The Labute approximate surface area is 124 Å². The topological polar surface area (TPSA) is 70.2 Å². The molecule has 112 valence electrons. The highest BCUT2D eigenvalue weighted by Crippen LogP contribution is 2.19. The minimum absolute atomic E-state index is 0.0409. The van der Waals surface area contributed by atoms with Crippen molar-refractivity contribution in [3.05, 3.63) is 42.5 Å². The molecule has 5 nitrogen and oxygen atoms in total. The van der Waals surface area contributed by atoms with Crippen LogP contribution in [0.5, 0.6) is 0 Å². The van der Waals surface area contributed by atoms with Gasteiger partial charge in [-0.15, -0.1) is 6.58 Å². The number of anilines is 1. The molecule has 21 heavy (non-hydrogen) atoms. The van der Waals surface area contributed by atoms with Crippen molar-refractivity contribution >= 4 is 17.5 Å². The van der Waals surface area contributed by atoms with Crippen molar-refractivity contribution in [2.75, 3.05) is 11.9 Å². The van der Waals surface area contributed by atoms with E-state index in [1.807, 2.05) is 0 Å². The van der Waals surface area contributed by atoms with E-state index in [0.29, 0.717) is 18.2 Å². The van der Waals surface area contributed by atoms with E-state index >= 15 is 0 Å². The van der Waals surface area contributed by atoms with Crippen molar-refractivity contribution in [3.63, 3.8) is 0 Å². The van der Waals surface area contributed by atoms with Crippen LogP contribution in [0.25, 0.3) is 0 Å². The van der Waals surface area contributed by atoms with Gasteiger partial charge in [-0.3, -0.25) is 9.59 Å². The SMILES string of the molecule is C=CCNC(=O)C(C)Nc1ccc(C(=O)NC2CC2)cc1. The summed E-state index contributed by atoms with van der Waals surface area (Å²) in [4.78, 5) is 23.6. The lowest BCUT2D eigenvalue weighted by Crippen LogP contribution is -2.37. The van der Waals surface area contributed by atoms with E-state index in [0.717, 1.165) is 18.5 Å². The van der Waals surface area contributed by atoms with Gasteiger partial charge >= 0.3 is 0 Å². The summed E-state index contributed by atoms with van der Waals surface area (Å²) in [5.74, 6) is -0.133. The minimum atomic E-state index is -0.351. The quantitative estimate of drug-likeness (QED) is 0.668. The van der Waals surface area contributed by atoms with E-state index in [9.17, 15) is 9.59 Å². The molecule has 5 heteroatoms. The lowest BCUT2D eigenvalue weighted by Gasteiger charge is -2.15. The number of hydrogen-bond donors (Lipinski definition) is 3. The van der Waals surface area contributed by atoms with E-state index in [1.165, 1.54) is 0 Å². The van der Waals surface area contributed by atoms with Gasteiger partial charge in [-0.25, -0.2) is 0 Å². The summed E-state index contributed by atoms with van der Waals surface area (Å²) in [6.45, 7) is 5.79. The summed E-state index contributed by atoms with van der Waals surface area (Å²) in [6.07, 6.45) is 3.78. The molecule has 0 spiro atoms. The first-order chi connectivity index (χ1) is 10.1. The van der Waals surface area contributed by atoms with Crippen molar-refractivity contribution < 1.29 is 9.59 Å². The van der Waals surface area contributed by atoms with E-state index in [2.05, 4.69) is 22.5 Å². The average Bonchev–Trinajstić information content (AvgIpc) is 3.29. The number of rotatable bonds is 7. The zero-order valence-corrected chi connectivity index (χ0v) is 12.2. The Bertz CT molecular complexity index is 521. The average molecular weight is 287 g/mol. The fourth-order valence-corrected chi connectivity index (χ4v) is 1.86. The molecular formula is C16H21N3O2. The summed E-state index contributed by atoms with van der Waals surface area (Å²) in [7, 11) is 0. The molecule has 1 saturated carbocycles. The molecule has 1 atom stereocenters. The number of hydrogen-bond acceptors (Lipinski definition) is 3. The summed E-state index contributed by atoms with van der Waals surface area (Å²) in [5, 5.41) is 8.76. The zero-order chi connectivity index (χ0) is 15.2. The third kappa shape index (κ3) is 4.63. The Morgan fingerprint density at radius 1 is 1.33 bits per heavy atom. The number of nitrogens with one attached hydrogen (secondary N) is 3. The molecular weight excluding hydrogens is 266 g/mol. The fourth-order valence-electron chi connectivity index (χ4n) is 1.86. The van der Waals surface area contributed by atoms with Crippen LogP contribution in [-0.2, 0) is 4.79 Å². The highest BCUT2D eigenvalue weighted by atomic mass is 16.2. The Hall–Kier alpha value is -2.30. The van der Waals surface area contributed by atoms with Gasteiger partial charge in [-0.2, -0.15) is 0 Å². The molecule has 2 rings (SSSR count). The molecule has 0 aromatic heterocycles. The van der Waals surface area contributed by atoms with Crippen LogP contribution in [0.1, 0.15) is 30.1 Å². The summed E-state index contributed by atoms with van der Waals surface area (Å²) in [6, 6.07) is 7.13. The Kier molecular flexibility index (Phi) is 4.98. The van der Waals surface area contributed by atoms with Gasteiger partial charge in [0.25, 0.3) is 5.91 Å². The molecule has 0 radical (unpaired) electrons.